The average Bonchev–Trinajstić information content (AvgIpc) is 1.00. The molecule has 1 heteroatoms. The van der Waals surface area contributed by atoms with Gasteiger partial charge in [-0.1, -0.05) is 7.43 Å². The van der Waals surface area contributed by atoms with Crippen LogP contribution in [-0.2, 0) is 0 Å². The predicted molar refractivity (Wildman–Crippen MR) is 23.8 cm³/mol. The number of terminal acetylenes is 1. The second kappa shape index (κ2) is 593. The predicted octanol–water partition coefficient (Wildman–Crippen LogP) is 0.237. The van der Waals surface area contributed by atoms with Crippen molar-refractivity contribution in [1.82, 2.24) is 0 Å². The van der Waals surface area contributed by atoms with Gasteiger partial charge in [0.05, 0.1) is 0 Å². The van der Waals surface area contributed by atoms with Crippen molar-refractivity contribution in [1.29, 1.82) is 0 Å². The number of rotatable bonds is 0. The Balaban J connectivity index is -0.00000000500. The molecule has 0 radical (unpaired) electrons. The van der Waals surface area contributed by atoms with Crippen molar-refractivity contribution in [2.45, 2.75) is 7.43 Å². The van der Waals surface area contributed by atoms with Crippen molar-refractivity contribution in [2.24, 2.45) is 0 Å². The molecule has 0 aromatic heterocycles. The first-order valence-electron chi connectivity index (χ1n) is 0.333. The molecule has 0 atom stereocenters. The Hall–Kier alpha value is 0.157. The molecular formula is C3H7Li. The molecule has 20 valence electrons. The van der Waals surface area contributed by atoms with Crippen LogP contribution in [0.5, 0.6) is 0 Å². The monoisotopic (exact) mass is 50.1 g/mol. The summed E-state index contributed by atoms with van der Waals surface area (Å²) in [7, 11) is 0. The van der Waals surface area contributed by atoms with Crippen LogP contribution in [0.3, 0.4) is 0 Å². The SMILES string of the molecule is C.C#C.[LiH]. The average molecular weight is 50.0 g/mol. The van der Waals surface area contributed by atoms with Crippen molar-refractivity contribution in [2.75, 3.05) is 0 Å². The van der Waals surface area contributed by atoms with Crippen LogP contribution in [0.2, 0.25) is 0 Å². The minimum atomic E-state index is 0. The third-order valence-corrected chi connectivity index (χ3v) is 0. The first-order valence-corrected chi connectivity index (χ1v) is 0.333. The fourth-order valence-electron chi connectivity index (χ4n) is 0. The molecule has 0 aromatic rings. The van der Waals surface area contributed by atoms with Gasteiger partial charge in [0, 0.05) is 0 Å². The molecule has 0 aliphatic carbocycles. The molecule has 0 N–H and O–H groups in total. The van der Waals surface area contributed by atoms with Gasteiger partial charge in [-0.3, -0.25) is 0 Å². The van der Waals surface area contributed by atoms with Crippen LogP contribution in [0.1, 0.15) is 7.43 Å². The van der Waals surface area contributed by atoms with E-state index in [-0.39, 0.29) is 26.3 Å². The molecule has 0 unspecified atom stereocenters. The van der Waals surface area contributed by atoms with E-state index in [1.807, 2.05) is 0 Å². The Morgan fingerprint density at radius 2 is 1.00 bits per heavy atom. The van der Waals surface area contributed by atoms with Crippen LogP contribution in [0.25, 0.3) is 0 Å². The summed E-state index contributed by atoms with van der Waals surface area (Å²) >= 11 is 0. The van der Waals surface area contributed by atoms with Gasteiger partial charge < -0.3 is 0 Å². The van der Waals surface area contributed by atoms with Crippen LogP contribution < -0.4 is 0 Å². The zero-order valence-corrected chi connectivity index (χ0v) is 1.15. The molecule has 0 aliphatic heterocycles. The van der Waals surface area contributed by atoms with Crippen molar-refractivity contribution < 1.29 is 0 Å². The maximum absolute atomic E-state index is 4.00. The fraction of sp³-hybridized carbons (Fsp3) is 0.333. The van der Waals surface area contributed by atoms with Crippen molar-refractivity contribution in [3.63, 3.8) is 0 Å². The standard InChI is InChI=1S/C2H2.CH4.Li.H/c1-2;;;/h1-2H;1H4;;. The van der Waals surface area contributed by atoms with Crippen LogP contribution in [0.15, 0.2) is 0 Å². The molecule has 0 amide bonds. The number of hydrogen-bond donors (Lipinski definition) is 0. The van der Waals surface area contributed by atoms with Gasteiger partial charge >= 0.3 is 18.9 Å². The minimum absolute atomic E-state index is 0. The van der Waals surface area contributed by atoms with Gasteiger partial charge in [-0.05, 0) is 0 Å². The molecule has 0 saturated carbocycles. The van der Waals surface area contributed by atoms with Gasteiger partial charge in [0.15, 0.2) is 0 Å². The molecule has 0 aliphatic rings. The Bertz CT molecular complexity index is 8.00. The zero-order chi connectivity index (χ0) is 2.00. The van der Waals surface area contributed by atoms with E-state index in [0.717, 1.165) is 0 Å². The molecule has 0 bridgehead atoms. The Kier molecular flexibility index (Phi) is 4590. The van der Waals surface area contributed by atoms with Crippen LogP contribution in [0.4, 0.5) is 0 Å². The molecule has 0 spiro atoms. The van der Waals surface area contributed by atoms with E-state index < -0.39 is 0 Å². The summed E-state index contributed by atoms with van der Waals surface area (Å²) in [6.07, 6.45) is 8.00. The molecule has 0 saturated heterocycles. The van der Waals surface area contributed by atoms with Crippen LogP contribution in [0, 0.1) is 12.8 Å². The van der Waals surface area contributed by atoms with E-state index in [9.17, 15) is 0 Å². The van der Waals surface area contributed by atoms with Crippen molar-refractivity contribution in [3.05, 3.63) is 0 Å². The summed E-state index contributed by atoms with van der Waals surface area (Å²) in [4.78, 5) is 0. The first-order chi connectivity index (χ1) is 1.00. The Labute approximate surface area is 39.8 Å². The summed E-state index contributed by atoms with van der Waals surface area (Å²) in [6, 6.07) is 0. The molecular weight excluding hydrogens is 43.0 g/mol. The summed E-state index contributed by atoms with van der Waals surface area (Å²) < 4.78 is 0. The fourth-order valence-corrected chi connectivity index (χ4v) is 0. The van der Waals surface area contributed by atoms with E-state index in [1.165, 1.54) is 0 Å². The third kappa shape index (κ3) is 117. The van der Waals surface area contributed by atoms with E-state index in [2.05, 4.69) is 12.8 Å². The van der Waals surface area contributed by atoms with Gasteiger partial charge in [0.2, 0.25) is 0 Å². The van der Waals surface area contributed by atoms with Gasteiger partial charge in [0.25, 0.3) is 0 Å². The van der Waals surface area contributed by atoms with Gasteiger partial charge in [-0.15, -0.1) is 12.8 Å². The zero-order valence-electron chi connectivity index (χ0n) is 1.15. The number of hydrogen-bond acceptors (Lipinski definition) is 0. The maximum atomic E-state index is 4.00. The van der Waals surface area contributed by atoms with E-state index >= 15 is 0 Å². The second-order valence-electron chi connectivity index (χ2n) is 0. The molecule has 0 heterocycles. The van der Waals surface area contributed by atoms with Gasteiger partial charge in [-0.2, -0.15) is 0 Å². The first kappa shape index (κ1) is 30.9. The van der Waals surface area contributed by atoms with Crippen LogP contribution in [-0.4, -0.2) is 18.9 Å². The molecule has 0 rings (SSSR count). The van der Waals surface area contributed by atoms with E-state index in [1.54, 1.807) is 0 Å². The van der Waals surface area contributed by atoms with Crippen molar-refractivity contribution in [3.8, 4) is 12.8 Å². The summed E-state index contributed by atoms with van der Waals surface area (Å²) in [5.41, 5.74) is 0. The van der Waals surface area contributed by atoms with Gasteiger partial charge in [0.1, 0.15) is 0 Å². The molecule has 0 nitrogen and oxygen atoms in total. The van der Waals surface area contributed by atoms with Crippen molar-refractivity contribution >= 4 is 18.9 Å². The summed E-state index contributed by atoms with van der Waals surface area (Å²) in [5, 5.41) is 0. The molecule has 0 aromatic carbocycles. The molecule has 4 heavy (non-hydrogen) atoms. The third-order valence-electron chi connectivity index (χ3n) is 0. The Morgan fingerprint density at radius 1 is 1.00 bits per heavy atom. The normalized spacial score (nSPS) is 0.500. The quantitative estimate of drug-likeness (QED) is 0.272. The summed E-state index contributed by atoms with van der Waals surface area (Å²) in [6.45, 7) is 0. The van der Waals surface area contributed by atoms with Crippen LogP contribution >= 0.6 is 0 Å². The molecule has 0 fully saturated rings. The summed E-state index contributed by atoms with van der Waals surface area (Å²) in [5.74, 6) is 0. The van der Waals surface area contributed by atoms with E-state index in [0.29, 0.717) is 0 Å². The topological polar surface area (TPSA) is 0 Å². The second-order valence-corrected chi connectivity index (χ2v) is 0. The van der Waals surface area contributed by atoms with E-state index in [4.69, 9.17) is 0 Å². The van der Waals surface area contributed by atoms with Gasteiger partial charge in [-0.25, -0.2) is 0 Å². The Morgan fingerprint density at radius 3 is 1.00 bits per heavy atom.